The molecule has 27 heavy (non-hydrogen) atoms. The number of alkyl halides is 1. The molecule has 148 valence electrons. The van der Waals surface area contributed by atoms with Crippen molar-refractivity contribution in [1.29, 1.82) is 0 Å². The second-order valence-corrected chi connectivity index (χ2v) is 10.2. The van der Waals surface area contributed by atoms with E-state index in [0.29, 0.717) is 41.1 Å². The van der Waals surface area contributed by atoms with Gasteiger partial charge in [-0.05, 0) is 44.9 Å². The SMILES string of the molecule is CC(C)(CCl)C(=O)N1CCC2(CC1)SCCN2C(=O)c1ccc(Cl)c(Cl)c1. The van der Waals surface area contributed by atoms with Gasteiger partial charge in [-0.1, -0.05) is 23.2 Å². The van der Waals surface area contributed by atoms with Crippen LogP contribution in [0.25, 0.3) is 0 Å². The highest BCUT2D eigenvalue weighted by molar-refractivity contribution is 8.00. The summed E-state index contributed by atoms with van der Waals surface area (Å²) in [7, 11) is 0. The van der Waals surface area contributed by atoms with Crippen molar-refractivity contribution in [3.05, 3.63) is 33.8 Å². The lowest BCUT2D eigenvalue weighted by Gasteiger charge is -2.45. The average Bonchev–Trinajstić information content (AvgIpc) is 3.06. The second-order valence-electron chi connectivity index (χ2n) is 7.69. The zero-order valence-electron chi connectivity index (χ0n) is 15.4. The van der Waals surface area contributed by atoms with E-state index in [1.807, 2.05) is 35.4 Å². The summed E-state index contributed by atoms with van der Waals surface area (Å²) in [4.78, 5) is 29.4. The maximum absolute atomic E-state index is 13.1. The number of carbonyl (C=O) groups is 2. The molecule has 0 aliphatic carbocycles. The maximum Gasteiger partial charge on any atom is 0.255 e. The van der Waals surface area contributed by atoms with Crippen LogP contribution in [0.15, 0.2) is 18.2 Å². The Morgan fingerprint density at radius 3 is 2.41 bits per heavy atom. The molecule has 1 aromatic rings. The van der Waals surface area contributed by atoms with E-state index in [1.54, 1.807) is 18.2 Å². The van der Waals surface area contributed by atoms with Gasteiger partial charge in [0.05, 0.1) is 20.3 Å². The number of benzene rings is 1. The predicted molar refractivity (Wildman–Crippen MR) is 113 cm³/mol. The Morgan fingerprint density at radius 1 is 1.15 bits per heavy atom. The largest absolute Gasteiger partial charge is 0.342 e. The first-order valence-corrected chi connectivity index (χ1v) is 11.2. The number of thioether (sulfide) groups is 1. The van der Waals surface area contributed by atoms with E-state index in [4.69, 9.17) is 34.8 Å². The summed E-state index contributed by atoms with van der Waals surface area (Å²) in [6, 6.07) is 5.00. The van der Waals surface area contributed by atoms with Crippen LogP contribution in [-0.2, 0) is 4.79 Å². The van der Waals surface area contributed by atoms with Crippen molar-refractivity contribution >= 4 is 58.4 Å². The van der Waals surface area contributed by atoms with E-state index in [0.717, 1.165) is 18.6 Å². The van der Waals surface area contributed by atoms with Gasteiger partial charge in [0, 0.05) is 36.8 Å². The lowest BCUT2D eigenvalue weighted by atomic mass is 9.92. The van der Waals surface area contributed by atoms with Crippen molar-refractivity contribution < 1.29 is 9.59 Å². The molecule has 0 aromatic heterocycles. The highest BCUT2D eigenvalue weighted by atomic mass is 35.5. The molecule has 0 saturated carbocycles. The molecular weight excluding hydrogens is 427 g/mol. The molecular formula is C19H23Cl3N2O2S. The molecule has 2 saturated heterocycles. The number of halogens is 3. The Bertz CT molecular complexity index is 748. The molecule has 2 aliphatic rings. The van der Waals surface area contributed by atoms with Gasteiger partial charge in [0.15, 0.2) is 0 Å². The van der Waals surface area contributed by atoms with Gasteiger partial charge < -0.3 is 9.80 Å². The molecule has 0 N–H and O–H groups in total. The molecule has 0 unspecified atom stereocenters. The summed E-state index contributed by atoms with van der Waals surface area (Å²) in [6.45, 7) is 5.72. The third-order valence-corrected chi connectivity index (χ3v) is 8.29. The van der Waals surface area contributed by atoms with Crippen LogP contribution in [-0.4, -0.2) is 57.8 Å². The number of rotatable bonds is 3. The maximum atomic E-state index is 13.1. The van der Waals surface area contributed by atoms with Crippen LogP contribution in [0.1, 0.15) is 37.0 Å². The molecule has 0 radical (unpaired) electrons. The molecule has 8 heteroatoms. The van der Waals surface area contributed by atoms with Gasteiger partial charge in [-0.25, -0.2) is 0 Å². The van der Waals surface area contributed by atoms with E-state index in [1.165, 1.54) is 0 Å². The average molecular weight is 450 g/mol. The van der Waals surface area contributed by atoms with Crippen LogP contribution in [0.3, 0.4) is 0 Å². The van der Waals surface area contributed by atoms with E-state index < -0.39 is 5.41 Å². The highest BCUT2D eigenvalue weighted by Gasteiger charge is 2.48. The van der Waals surface area contributed by atoms with Crippen molar-refractivity contribution in [2.24, 2.45) is 5.41 Å². The fraction of sp³-hybridized carbons (Fsp3) is 0.579. The van der Waals surface area contributed by atoms with Crippen molar-refractivity contribution in [2.75, 3.05) is 31.3 Å². The van der Waals surface area contributed by atoms with E-state index in [-0.39, 0.29) is 16.7 Å². The molecule has 0 bridgehead atoms. The number of piperidine rings is 1. The Kier molecular flexibility index (Phi) is 6.26. The quantitative estimate of drug-likeness (QED) is 0.624. The minimum absolute atomic E-state index is 0.0283. The number of hydrogen-bond donors (Lipinski definition) is 0. The zero-order chi connectivity index (χ0) is 19.8. The molecule has 4 nitrogen and oxygen atoms in total. The highest BCUT2D eigenvalue weighted by Crippen LogP contribution is 2.45. The van der Waals surface area contributed by atoms with E-state index >= 15 is 0 Å². The number of amides is 2. The first-order valence-electron chi connectivity index (χ1n) is 8.96. The van der Waals surface area contributed by atoms with Crippen LogP contribution in [0.5, 0.6) is 0 Å². The van der Waals surface area contributed by atoms with Crippen molar-refractivity contribution in [3.63, 3.8) is 0 Å². The van der Waals surface area contributed by atoms with Gasteiger partial charge in [0.1, 0.15) is 0 Å². The summed E-state index contributed by atoms with van der Waals surface area (Å²) in [5.74, 6) is 1.25. The lowest BCUT2D eigenvalue weighted by Crippen LogP contribution is -2.55. The van der Waals surface area contributed by atoms with Crippen LogP contribution in [0.4, 0.5) is 0 Å². The molecule has 1 spiro atoms. The van der Waals surface area contributed by atoms with Gasteiger partial charge in [-0.3, -0.25) is 9.59 Å². The van der Waals surface area contributed by atoms with Crippen molar-refractivity contribution in [1.82, 2.24) is 9.80 Å². The summed E-state index contributed by atoms with van der Waals surface area (Å²) >= 11 is 19.8. The van der Waals surface area contributed by atoms with Crippen LogP contribution < -0.4 is 0 Å². The normalized spacial score (nSPS) is 19.6. The van der Waals surface area contributed by atoms with Gasteiger partial charge >= 0.3 is 0 Å². The standard InChI is InChI=1S/C19H23Cl3N2O2S/c1-18(2,12-20)17(26)23-7-5-19(6-8-23)24(9-10-27-19)16(25)13-3-4-14(21)15(22)11-13/h3-4,11H,5-10,12H2,1-2H3. The van der Waals surface area contributed by atoms with Crippen molar-refractivity contribution in [3.8, 4) is 0 Å². The Morgan fingerprint density at radius 2 is 1.81 bits per heavy atom. The third-order valence-electron chi connectivity index (χ3n) is 5.33. The number of hydrogen-bond acceptors (Lipinski definition) is 3. The molecule has 0 atom stereocenters. The lowest BCUT2D eigenvalue weighted by molar-refractivity contribution is -0.140. The summed E-state index contributed by atoms with van der Waals surface area (Å²) in [6.07, 6.45) is 1.52. The molecule has 1 aromatic carbocycles. The van der Waals surface area contributed by atoms with Gasteiger partial charge in [-0.15, -0.1) is 23.4 Å². The van der Waals surface area contributed by atoms with Gasteiger partial charge in [-0.2, -0.15) is 0 Å². The molecule has 2 fully saturated rings. The molecule has 2 heterocycles. The fourth-order valence-electron chi connectivity index (χ4n) is 3.64. The van der Waals surface area contributed by atoms with E-state index in [9.17, 15) is 9.59 Å². The smallest absolute Gasteiger partial charge is 0.255 e. The van der Waals surface area contributed by atoms with E-state index in [2.05, 4.69) is 0 Å². The first-order chi connectivity index (χ1) is 12.7. The minimum atomic E-state index is -0.565. The van der Waals surface area contributed by atoms with Crippen LogP contribution in [0, 0.1) is 5.41 Å². The number of likely N-dealkylation sites (tertiary alicyclic amines) is 1. The van der Waals surface area contributed by atoms with Gasteiger partial charge in [0.25, 0.3) is 5.91 Å². The molecule has 2 amide bonds. The first kappa shape index (κ1) is 21.1. The van der Waals surface area contributed by atoms with Crippen LogP contribution >= 0.6 is 46.6 Å². The Balaban J connectivity index is 1.74. The molecule has 3 rings (SSSR count). The fourth-order valence-corrected chi connectivity index (χ4v) is 5.51. The third kappa shape index (κ3) is 4.07. The zero-order valence-corrected chi connectivity index (χ0v) is 18.5. The second kappa shape index (κ2) is 8.02. The summed E-state index contributed by atoms with van der Waals surface area (Å²) < 4.78 is 0. The number of carbonyl (C=O) groups excluding carboxylic acids is 2. The monoisotopic (exact) mass is 448 g/mol. The topological polar surface area (TPSA) is 40.6 Å². The number of nitrogens with zero attached hydrogens (tertiary/aromatic N) is 2. The van der Waals surface area contributed by atoms with Gasteiger partial charge in [0.2, 0.25) is 5.91 Å². The summed E-state index contributed by atoms with van der Waals surface area (Å²) in [5.41, 5.74) is -0.0159. The minimum Gasteiger partial charge on any atom is -0.342 e. The predicted octanol–water partition coefficient (Wildman–Crippen LogP) is 4.77. The van der Waals surface area contributed by atoms with Crippen LogP contribution in [0.2, 0.25) is 10.0 Å². The van der Waals surface area contributed by atoms with Crippen molar-refractivity contribution in [2.45, 2.75) is 31.6 Å². The summed E-state index contributed by atoms with van der Waals surface area (Å²) in [5, 5.41) is 0.819. The Labute approximate surface area is 179 Å². The molecule has 2 aliphatic heterocycles. The Hall–Kier alpha value is -0.620.